The van der Waals surface area contributed by atoms with Gasteiger partial charge < -0.3 is 0 Å². The Hall–Kier alpha value is -1.11. The van der Waals surface area contributed by atoms with Crippen LogP contribution in [0.4, 0.5) is 0 Å². The van der Waals surface area contributed by atoms with Gasteiger partial charge in [0.2, 0.25) is 10.0 Å². The van der Waals surface area contributed by atoms with Crippen molar-refractivity contribution in [1.82, 2.24) is 9.29 Å². The van der Waals surface area contributed by atoms with E-state index in [0.29, 0.717) is 18.0 Å². The molecule has 0 amide bonds. The average Bonchev–Trinajstić information content (AvgIpc) is 2.45. The van der Waals surface area contributed by atoms with Crippen molar-refractivity contribution in [2.24, 2.45) is 0 Å². The molecular weight excluding hydrogens is 304 g/mol. The number of rotatable bonds is 2. The van der Waals surface area contributed by atoms with Crippen molar-refractivity contribution >= 4 is 32.6 Å². The van der Waals surface area contributed by atoms with Crippen LogP contribution in [0.5, 0.6) is 0 Å². The van der Waals surface area contributed by atoms with Crippen molar-refractivity contribution in [3.05, 3.63) is 36.7 Å². The summed E-state index contributed by atoms with van der Waals surface area (Å²) in [6.07, 6.45) is 3.34. The lowest BCUT2D eigenvalue weighted by atomic mass is 10.2. The quantitative estimate of drug-likeness (QED) is 0.853. The van der Waals surface area contributed by atoms with Crippen molar-refractivity contribution in [3.63, 3.8) is 0 Å². The van der Waals surface area contributed by atoms with Crippen LogP contribution in [0.1, 0.15) is 13.8 Å². The maximum atomic E-state index is 13.0. The van der Waals surface area contributed by atoms with Gasteiger partial charge in [-0.3, -0.25) is 4.98 Å². The molecule has 1 aromatic heterocycles. The van der Waals surface area contributed by atoms with Crippen molar-refractivity contribution in [2.75, 3.05) is 18.8 Å². The van der Waals surface area contributed by atoms with Gasteiger partial charge in [-0.2, -0.15) is 16.1 Å². The average molecular weight is 322 g/mol. The Labute approximate surface area is 129 Å². The first-order chi connectivity index (χ1) is 9.90. The molecule has 0 saturated carbocycles. The molecule has 6 heteroatoms. The minimum absolute atomic E-state index is 0.0442. The molecule has 0 radical (unpaired) electrons. The molecule has 1 aromatic carbocycles. The summed E-state index contributed by atoms with van der Waals surface area (Å²) in [5, 5.41) is 1.59. The summed E-state index contributed by atoms with van der Waals surface area (Å²) in [6, 6.07) is 7.12. The van der Waals surface area contributed by atoms with Crippen molar-refractivity contribution < 1.29 is 8.42 Å². The van der Waals surface area contributed by atoms with Crippen LogP contribution in [0.3, 0.4) is 0 Å². The van der Waals surface area contributed by atoms with Crippen molar-refractivity contribution in [2.45, 2.75) is 23.5 Å². The van der Waals surface area contributed by atoms with E-state index >= 15 is 0 Å². The predicted molar refractivity (Wildman–Crippen MR) is 87.0 cm³/mol. The second-order valence-corrected chi connectivity index (χ2v) is 9.51. The van der Waals surface area contributed by atoms with E-state index in [4.69, 9.17) is 0 Å². The number of hydrogen-bond acceptors (Lipinski definition) is 4. The zero-order valence-corrected chi connectivity index (χ0v) is 13.7. The number of nitrogens with zero attached hydrogens (tertiary/aromatic N) is 2. The third kappa shape index (κ3) is 2.80. The molecule has 0 unspecified atom stereocenters. The SMILES string of the molecule is CC1(C)CN(S(=O)(=O)c2cccc3cnccc23)CCS1. The fraction of sp³-hybridized carbons (Fsp3) is 0.400. The first-order valence-electron chi connectivity index (χ1n) is 6.87. The standard InChI is InChI=1S/C15H18N2O2S2/c1-15(2)11-17(8-9-20-15)21(18,19)14-5-3-4-12-10-16-7-6-13(12)14/h3-7,10H,8-9,11H2,1-2H3. The summed E-state index contributed by atoms with van der Waals surface area (Å²) in [5.41, 5.74) is 0. The molecule has 2 heterocycles. The lowest BCUT2D eigenvalue weighted by Gasteiger charge is -2.36. The predicted octanol–water partition coefficient (Wildman–Crippen LogP) is 2.75. The van der Waals surface area contributed by atoms with Crippen LogP contribution >= 0.6 is 11.8 Å². The van der Waals surface area contributed by atoms with E-state index in [1.165, 1.54) is 0 Å². The molecule has 1 aliphatic heterocycles. The lowest BCUT2D eigenvalue weighted by molar-refractivity contribution is 0.388. The molecule has 112 valence electrons. The molecule has 1 saturated heterocycles. The van der Waals surface area contributed by atoms with E-state index in [1.807, 2.05) is 17.8 Å². The third-order valence-electron chi connectivity index (χ3n) is 3.65. The first-order valence-corrected chi connectivity index (χ1v) is 9.30. The topological polar surface area (TPSA) is 50.3 Å². The van der Waals surface area contributed by atoms with Crippen LogP contribution in [0.15, 0.2) is 41.6 Å². The zero-order valence-electron chi connectivity index (χ0n) is 12.1. The minimum Gasteiger partial charge on any atom is -0.264 e. The van der Waals surface area contributed by atoms with E-state index in [2.05, 4.69) is 18.8 Å². The number of fused-ring (bicyclic) bond motifs is 1. The van der Waals surface area contributed by atoms with Gasteiger partial charge in [0.05, 0.1) is 4.90 Å². The number of benzene rings is 1. The molecule has 4 nitrogen and oxygen atoms in total. The van der Waals surface area contributed by atoms with Crippen LogP contribution in [0.2, 0.25) is 0 Å². The molecular formula is C15H18N2O2S2. The van der Waals surface area contributed by atoms with Gasteiger partial charge in [0.15, 0.2) is 0 Å². The van der Waals surface area contributed by atoms with E-state index in [-0.39, 0.29) is 4.75 Å². The molecule has 21 heavy (non-hydrogen) atoms. The van der Waals surface area contributed by atoms with Gasteiger partial charge in [-0.25, -0.2) is 8.42 Å². The fourth-order valence-corrected chi connectivity index (χ4v) is 5.76. The monoisotopic (exact) mass is 322 g/mol. The Morgan fingerprint density at radius 1 is 1.29 bits per heavy atom. The Morgan fingerprint density at radius 2 is 2.10 bits per heavy atom. The van der Waals surface area contributed by atoms with Crippen molar-refractivity contribution in [1.29, 1.82) is 0 Å². The fourth-order valence-electron chi connectivity index (χ4n) is 2.64. The highest BCUT2D eigenvalue weighted by Crippen LogP contribution is 2.33. The van der Waals surface area contributed by atoms with Gasteiger partial charge in [-0.05, 0) is 26.0 Å². The highest BCUT2D eigenvalue weighted by molar-refractivity contribution is 8.00. The summed E-state index contributed by atoms with van der Waals surface area (Å²) in [6.45, 7) is 5.29. The summed E-state index contributed by atoms with van der Waals surface area (Å²) < 4.78 is 27.5. The van der Waals surface area contributed by atoms with Crippen molar-refractivity contribution in [3.8, 4) is 0 Å². The number of aromatic nitrogens is 1. The van der Waals surface area contributed by atoms with E-state index < -0.39 is 10.0 Å². The molecule has 3 rings (SSSR count). The third-order valence-corrected chi connectivity index (χ3v) is 6.85. The van der Waals surface area contributed by atoms with Crippen LogP contribution in [-0.4, -0.2) is 41.3 Å². The second-order valence-electron chi connectivity index (χ2n) is 5.80. The summed E-state index contributed by atoms with van der Waals surface area (Å²) in [7, 11) is -3.47. The number of hydrogen-bond donors (Lipinski definition) is 0. The van der Waals surface area contributed by atoms with Gasteiger partial charge in [-0.15, -0.1) is 0 Å². The van der Waals surface area contributed by atoms with Crippen LogP contribution in [0.25, 0.3) is 10.8 Å². The second kappa shape index (κ2) is 5.26. The van der Waals surface area contributed by atoms with E-state index in [1.54, 1.807) is 34.9 Å². The molecule has 0 N–H and O–H groups in total. The highest BCUT2D eigenvalue weighted by Gasteiger charge is 2.35. The molecule has 1 aliphatic rings. The van der Waals surface area contributed by atoms with Crippen LogP contribution in [0, 0.1) is 0 Å². The van der Waals surface area contributed by atoms with Crippen LogP contribution < -0.4 is 0 Å². The zero-order chi connectivity index (χ0) is 15.1. The largest absolute Gasteiger partial charge is 0.264 e. The van der Waals surface area contributed by atoms with E-state index in [0.717, 1.165) is 16.5 Å². The number of pyridine rings is 1. The number of thioether (sulfide) groups is 1. The Morgan fingerprint density at radius 3 is 2.86 bits per heavy atom. The summed E-state index contributed by atoms with van der Waals surface area (Å²) in [4.78, 5) is 4.44. The smallest absolute Gasteiger partial charge is 0.243 e. The maximum absolute atomic E-state index is 13.0. The van der Waals surface area contributed by atoms with Gasteiger partial charge in [-0.1, -0.05) is 12.1 Å². The normalized spacial score (nSPS) is 19.7. The summed E-state index contributed by atoms with van der Waals surface area (Å²) in [5.74, 6) is 0.832. The van der Waals surface area contributed by atoms with Gasteiger partial charge >= 0.3 is 0 Å². The Kier molecular flexibility index (Phi) is 3.71. The van der Waals surface area contributed by atoms with Crippen LogP contribution in [-0.2, 0) is 10.0 Å². The molecule has 0 aliphatic carbocycles. The lowest BCUT2D eigenvalue weighted by Crippen LogP contribution is -2.46. The van der Waals surface area contributed by atoms with Gasteiger partial charge in [0.1, 0.15) is 0 Å². The van der Waals surface area contributed by atoms with Gasteiger partial charge in [0.25, 0.3) is 0 Å². The molecule has 0 spiro atoms. The molecule has 0 atom stereocenters. The number of sulfonamides is 1. The molecule has 2 aromatic rings. The van der Waals surface area contributed by atoms with Gasteiger partial charge in [0, 0.05) is 46.8 Å². The highest BCUT2D eigenvalue weighted by atomic mass is 32.2. The minimum atomic E-state index is -3.47. The van der Waals surface area contributed by atoms with E-state index in [9.17, 15) is 8.42 Å². The maximum Gasteiger partial charge on any atom is 0.243 e. The Bertz CT molecular complexity index is 767. The molecule has 0 bridgehead atoms. The Balaban J connectivity index is 2.09. The summed E-state index contributed by atoms with van der Waals surface area (Å²) >= 11 is 1.82. The molecule has 1 fully saturated rings. The first kappa shape index (κ1) is 14.8.